The highest BCUT2D eigenvalue weighted by Gasteiger charge is 2.26. The van der Waals surface area contributed by atoms with Crippen LogP contribution in [0.3, 0.4) is 0 Å². The summed E-state index contributed by atoms with van der Waals surface area (Å²) in [5.74, 6) is 0.718. The number of nitrogens with one attached hydrogen (secondary N) is 1. The standard InChI is InChI=1S/C10H16N2O2/c13-9-7-12(5-4-11-9)10(14)6-8-2-1-3-8/h8H,1-7H2,(H,11,13). The van der Waals surface area contributed by atoms with Crippen LogP contribution >= 0.6 is 0 Å². The molecule has 0 aromatic carbocycles. The van der Waals surface area contributed by atoms with Crippen LogP contribution < -0.4 is 5.32 Å². The van der Waals surface area contributed by atoms with Gasteiger partial charge in [0.2, 0.25) is 11.8 Å². The number of hydrogen-bond donors (Lipinski definition) is 1. The molecule has 0 radical (unpaired) electrons. The molecular formula is C10H16N2O2. The molecule has 2 fully saturated rings. The molecule has 1 aliphatic carbocycles. The van der Waals surface area contributed by atoms with Gasteiger partial charge in [0.15, 0.2) is 0 Å². The number of hydrogen-bond acceptors (Lipinski definition) is 2. The fourth-order valence-electron chi connectivity index (χ4n) is 1.92. The molecule has 1 saturated heterocycles. The van der Waals surface area contributed by atoms with E-state index in [1.165, 1.54) is 19.3 Å². The SMILES string of the molecule is O=C1CN(C(=O)CC2CCC2)CCN1. The summed E-state index contributed by atoms with van der Waals surface area (Å²) in [6.45, 7) is 1.54. The Labute approximate surface area is 83.6 Å². The fraction of sp³-hybridized carbons (Fsp3) is 0.800. The van der Waals surface area contributed by atoms with Crippen molar-refractivity contribution in [2.24, 2.45) is 5.92 Å². The fourth-order valence-corrected chi connectivity index (χ4v) is 1.92. The van der Waals surface area contributed by atoms with Crippen molar-refractivity contribution in [1.82, 2.24) is 10.2 Å². The smallest absolute Gasteiger partial charge is 0.239 e. The maximum Gasteiger partial charge on any atom is 0.239 e. The molecule has 78 valence electrons. The van der Waals surface area contributed by atoms with E-state index in [2.05, 4.69) is 5.32 Å². The number of nitrogens with zero attached hydrogens (tertiary/aromatic N) is 1. The highest BCUT2D eigenvalue weighted by molar-refractivity contribution is 5.86. The maximum atomic E-state index is 11.7. The summed E-state index contributed by atoms with van der Waals surface area (Å²) in [6.07, 6.45) is 4.28. The minimum absolute atomic E-state index is 0.0294. The van der Waals surface area contributed by atoms with Crippen molar-refractivity contribution in [2.45, 2.75) is 25.7 Å². The predicted molar refractivity (Wildman–Crippen MR) is 51.5 cm³/mol. The van der Waals surface area contributed by atoms with Gasteiger partial charge in [0.05, 0.1) is 6.54 Å². The molecule has 4 heteroatoms. The van der Waals surface area contributed by atoms with Gasteiger partial charge in [-0.25, -0.2) is 0 Å². The van der Waals surface area contributed by atoms with Gasteiger partial charge in [-0.15, -0.1) is 0 Å². The van der Waals surface area contributed by atoms with Crippen LogP contribution in [0.5, 0.6) is 0 Å². The third kappa shape index (κ3) is 2.05. The average Bonchev–Trinajstić information content (AvgIpc) is 2.11. The summed E-state index contributed by atoms with van der Waals surface area (Å²) in [4.78, 5) is 24.4. The quantitative estimate of drug-likeness (QED) is 0.682. The molecule has 0 bridgehead atoms. The van der Waals surface area contributed by atoms with Gasteiger partial charge in [0, 0.05) is 19.5 Å². The third-order valence-electron chi connectivity index (χ3n) is 3.08. The van der Waals surface area contributed by atoms with Gasteiger partial charge in [-0.2, -0.15) is 0 Å². The van der Waals surface area contributed by atoms with Gasteiger partial charge in [-0.3, -0.25) is 9.59 Å². The van der Waals surface area contributed by atoms with Crippen LogP contribution in [0.2, 0.25) is 0 Å². The summed E-state index contributed by atoms with van der Waals surface area (Å²) in [7, 11) is 0. The van der Waals surface area contributed by atoms with E-state index in [0.29, 0.717) is 25.4 Å². The van der Waals surface area contributed by atoms with Crippen LogP contribution in [0, 0.1) is 5.92 Å². The molecule has 1 saturated carbocycles. The van der Waals surface area contributed by atoms with E-state index in [0.717, 1.165) is 0 Å². The minimum atomic E-state index is -0.0294. The second-order valence-electron chi connectivity index (χ2n) is 4.17. The molecule has 0 aromatic heterocycles. The van der Waals surface area contributed by atoms with Crippen molar-refractivity contribution in [3.8, 4) is 0 Å². The van der Waals surface area contributed by atoms with E-state index in [1.54, 1.807) is 4.90 Å². The van der Waals surface area contributed by atoms with Crippen molar-refractivity contribution < 1.29 is 9.59 Å². The zero-order chi connectivity index (χ0) is 9.97. The Morgan fingerprint density at radius 1 is 1.50 bits per heavy atom. The van der Waals surface area contributed by atoms with Crippen LogP contribution in [-0.2, 0) is 9.59 Å². The van der Waals surface area contributed by atoms with Gasteiger partial charge in [-0.05, 0) is 18.8 Å². The minimum Gasteiger partial charge on any atom is -0.353 e. The van der Waals surface area contributed by atoms with Gasteiger partial charge in [0.25, 0.3) is 0 Å². The number of rotatable bonds is 2. The first-order valence-corrected chi connectivity index (χ1v) is 5.30. The summed E-state index contributed by atoms with van der Waals surface area (Å²) in [5, 5.41) is 2.72. The van der Waals surface area contributed by atoms with Gasteiger partial charge >= 0.3 is 0 Å². The molecule has 2 aliphatic rings. The first-order valence-electron chi connectivity index (χ1n) is 5.30. The Bertz CT molecular complexity index is 249. The Morgan fingerprint density at radius 3 is 2.86 bits per heavy atom. The van der Waals surface area contributed by atoms with Crippen LogP contribution in [0.1, 0.15) is 25.7 Å². The lowest BCUT2D eigenvalue weighted by atomic mass is 9.82. The Hall–Kier alpha value is -1.06. The summed E-state index contributed by atoms with van der Waals surface area (Å²) in [5.41, 5.74) is 0. The van der Waals surface area contributed by atoms with E-state index >= 15 is 0 Å². The van der Waals surface area contributed by atoms with Gasteiger partial charge in [0.1, 0.15) is 0 Å². The van der Waals surface area contributed by atoms with E-state index in [-0.39, 0.29) is 18.4 Å². The first-order chi connectivity index (χ1) is 6.75. The largest absolute Gasteiger partial charge is 0.353 e. The zero-order valence-corrected chi connectivity index (χ0v) is 8.29. The normalized spacial score (nSPS) is 22.9. The molecule has 0 unspecified atom stereocenters. The van der Waals surface area contributed by atoms with Crippen molar-refractivity contribution in [1.29, 1.82) is 0 Å². The van der Waals surface area contributed by atoms with Crippen molar-refractivity contribution in [2.75, 3.05) is 19.6 Å². The monoisotopic (exact) mass is 196 g/mol. The zero-order valence-electron chi connectivity index (χ0n) is 8.29. The van der Waals surface area contributed by atoms with Crippen LogP contribution in [0.25, 0.3) is 0 Å². The Balaban J connectivity index is 1.80. The van der Waals surface area contributed by atoms with Crippen molar-refractivity contribution in [3.63, 3.8) is 0 Å². The first kappa shape index (κ1) is 9.49. The summed E-state index contributed by atoms with van der Waals surface area (Å²) in [6, 6.07) is 0. The van der Waals surface area contributed by atoms with E-state index < -0.39 is 0 Å². The summed E-state index contributed by atoms with van der Waals surface area (Å²) < 4.78 is 0. The maximum absolute atomic E-state index is 11.7. The second kappa shape index (κ2) is 3.98. The van der Waals surface area contributed by atoms with Crippen LogP contribution in [-0.4, -0.2) is 36.3 Å². The van der Waals surface area contributed by atoms with E-state index in [9.17, 15) is 9.59 Å². The molecule has 2 amide bonds. The highest BCUT2D eigenvalue weighted by atomic mass is 16.2. The molecule has 1 N–H and O–H groups in total. The molecular weight excluding hydrogens is 180 g/mol. The topological polar surface area (TPSA) is 49.4 Å². The number of carbonyl (C=O) groups is 2. The number of amides is 2. The molecule has 0 aromatic rings. The Kier molecular flexibility index (Phi) is 2.70. The third-order valence-corrected chi connectivity index (χ3v) is 3.08. The average molecular weight is 196 g/mol. The Morgan fingerprint density at radius 2 is 2.29 bits per heavy atom. The lowest BCUT2D eigenvalue weighted by Gasteiger charge is -2.30. The second-order valence-corrected chi connectivity index (χ2v) is 4.17. The van der Waals surface area contributed by atoms with Crippen molar-refractivity contribution >= 4 is 11.8 Å². The highest BCUT2D eigenvalue weighted by Crippen LogP contribution is 2.29. The van der Waals surface area contributed by atoms with Gasteiger partial charge in [-0.1, -0.05) is 6.42 Å². The van der Waals surface area contributed by atoms with Gasteiger partial charge < -0.3 is 10.2 Å². The predicted octanol–water partition coefficient (Wildman–Crippen LogP) is 0.135. The van der Waals surface area contributed by atoms with E-state index in [4.69, 9.17) is 0 Å². The molecule has 4 nitrogen and oxygen atoms in total. The molecule has 1 heterocycles. The lowest BCUT2D eigenvalue weighted by Crippen LogP contribution is -2.50. The van der Waals surface area contributed by atoms with Crippen LogP contribution in [0.4, 0.5) is 0 Å². The van der Waals surface area contributed by atoms with Crippen molar-refractivity contribution in [3.05, 3.63) is 0 Å². The van der Waals surface area contributed by atoms with Crippen LogP contribution in [0.15, 0.2) is 0 Å². The molecule has 1 aliphatic heterocycles. The molecule has 0 spiro atoms. The molecule has 14 heavy (non-hydrogen) atoms. The number of carbonyl (C=O) groups excluding carboxylic acids is 2. The van der Waals surface area contributed by atoms with E-state index in [1.807, 2.05) is 0 Å². The lowest BCUT2D eigenvalue weighted by molar-refractivity contribution is -0.139. The number of piperazine rings is 1. The molecule has 0 atom stereocenters. The molecule has 2 rings (SSSR count). The summed E-state index contributed by atoms with van der Waals surface area (Å²) >= 11 is 0.